The Morgan fingerprint density at radius 2 is 1.81 bits per heavy atom. The molecule has 0 bridgehead atoms. The molecule has 3 heteroatoms. The fourth-order valence-corrected chi connectivity index (χ4v) is 2.40. The molecule has 0 aliphatic rings. The summed E-state index contributed by atoms with van der Waals surface area (Å²) in [6.45, 7) is 5.78. The van der Waals surface area contributed by atoms with Gasteiger partial charge in [-0.2, -0.15) is 0 Å². The molecule has 0 amide bonds. The molecule has 0 aromatic heterocycles. The van der Waals surface area contributed by atoms with E-state index >= 15 is 0 Å². The number of rotatable bonds is 5. The van der Waals surface area contributed by atoms with E-state index in [1.165, 1.54) is 0 Å². The number of benzene rings is 2. The van der Waals surface area contributed by atoms with Gasteiger partial charge in [0.05, 0.1) is 11.7 Å². The molecule has 2 aromatic rings. The van der Waals surface area contributed by atoms with Gasteiger partial charge < -0.3 is 9.84 Å². The zero-order valence-corrected chi connectivity index (χ0v) is 13.4. The van der Waals surface area contributed by atoms with Gasteiger partial charge in [-0.25, -0.2) is 0 Å². The van der Waals surface area contributed by atoms with Crippen LogP contribution in [0.4, 0.5) is 0 Å². The van der Waals surface area contributed by atoms with E-state index in [-0.39, 0.29) is 6.10 Å². The van der Waals surface area contributed by atoms with Crippen LogP contribution in [0.15, 0.2) is 48.5 Å². The highest BCUT2D eigenvalue weighted by atomic mass is 35.5. The topological polar surface area (TPSA) is 29.5 Å². The summed E-state index contributed by atoms with van der Waals surface area (Å²) in [6.07, 6.45) is 0.636. The summed E-state index contributed by atoms with van der Waals surface area (Å²) in [7, 11) is 0. The van der Waals surface area contributed by atoms with Crippen LogP contribution >= 0.6 is 11.6 Å². The Labute approximate surface area is 131 Å². The van der Waals surface area contributed by atoms with Crippen LogP contribution in [0.25, 0.3) is 0 Å². The lowest BCUT2D eigenvalue weighted by Gasteiger charge is -2.25. The van der Waals surface area contributed by atoms with Crippen LogP contribution in [0, 0.1) is 0 Å². The van der Waals surface area contributed by atoms with Crippen molar-refractivity contribution in [3.63, 3.8) is 0 Å². The summed E-state index contributed by atoms with van der Waals surface area (Å²) in [5, 5.41) is 11.5. The Kier molecular flexibility index (Phi) is 4.92. The van der Waals surface area contributed by atoms with Crippen molar-refractivity contribution in [3.8, 4) is 5.75 Å². The summed E-state index contributed by atoms with van der Waals surface area (Å²) >= 11 is 5.89. The third kappa shape index (κ3) is 4.48. The molecule has 0 radical (unpaired) electrons. The maximum atomic E-state index is 10.8. The van der Waals surface area contributed by atoms with Gasteiger partial charge in [0.15, 0.2) is 0 Å². The average molecular weight is 305 g/mol. The zero-order chi connectivity index (χ0) is 15.5. The third-order valence-corrected chi connectivity index (χ3v) is 3.54. The van der Waals surface area contributed by atoms with E-state index in [2.05, 4.69) is 0 Å². The summed E-state index contributed by atoms with van der Waals surface area (Å²) in [5.74, 6) is 0.777. The molecule has 0 heterocycles. The van der Waals surface area contributed by atoms with Gasteiger partial charge in [0.1, 0.15) is 5.75 Å². The van der Waals surface area contributed by atoms with Crippen molar-refractivity contribution in [3.05, 3.63) is 64.7 Å². The summed E-state index contributed by atoms with van der Waals surface area (Å²) < 4.78 is 5.69. The Balaban J connectivity index is 2.20. The molecule has 0 saturated heterocycles. The van der Waals surface area contributed by atoms with Crippen molar-refractivity contribution in [1.29, 1.82) is 0 Å². The fraction of sp³-hybridized carbons (Fsp3) is 0.333. The molecule has 0 saturated carbocycles. The molecule has 2 rings (SSSR count). The fourth-order valence-electron chi connectivity index (χ4n) is 2.28. The Hall–Kier alpha value is -1.51. The second kappa shape index (κ2) is 6.50. The monoisotopic (exact) mass is 304 g/mol. The number of hydrogen-bond acceptors (Lipinski definition) is 2. The standard InChI is InChI=1S/C18H21ClO2/c1-13(2)21-17-6-4-5-15(11-17)18(3,20)12-14-7-9-16(19)10-8-14/h4-11,13,20H,12H2,1-3H3. The molecule has 0 spiro atoms. The highest BCUT2D eigenvalue weighted by molar-refractivity contribution is 6.30. The van der Waals surface area contributed by atoms with Crippen LogP contribution in [0.3, 0.4) is 0 Å². The van der Waals surface area contributed by atoms with Crippen LogP contribution in [-0.2, 0) is 12.0 Å². The quantitative estimate of drug-likeness (QED) is 0.876. The molecule has 2 nitrogen and oxygen atoms in total. The van der Waals surface area contributed by atoms with Gasteiger partial charge in [-0.3, -0.25) is 0 Å². The molecule has 0 aliphatic carbocycles. The molecule has 0 fully saturated rings. The normalized spacial score (nSPS) is 14.0. The lowest BCUT2D eigenvalue weighted by Crippen LogP contribution is -2.24. The van der Waals surface area contributed by atoms with E-state index in [0.29, 0.717) is 11.4 Å². The lowest BCUT2D eigenvalue weighted by atomic mass is 9.89. The minimum absolute atomic E-state index is 0.112. The van der Waals surface area contributed by atoms with Crippen molar-refractivity contribution in [1.82, 2.24) is 0 Å². The minimum Gasteiger partial charge on any atom is -0.491 e. The number of hydrogen-bond donors (Lipinski definition) is 1. The van der Waals surface area contributed by atoms with E-state index in [1.54, 1.807) is 0 Å². The highest BCUT2D eigenvalue weighted by Crippen LogP contribution is 2.28. The molecule has 21 heavy (non-hydrogen) atoms. The SMILES string of the molecule is CC(C)Oc1cccc(C(C)(O)Cc2ccc(Cl)cc2)c1. The molecular weight excluding hydrogens is 284 g/mol. The minimum atomic E-state index is -0.954. The third-order valence-electron chi connectivity index (χ3n) is 3.29. The molecule has 2 aromatic carbocycles. The number of ether oxygens (including phenoxy) is 1. The van der Waals surface area contributed by atoms with E-state index in [4.69, 9.17) is 16.3 Å². The van der Waals surface area contributed by atoms with Crippen molar-refractivity contribution >= 4 is 11.6 Å². The molecule has 1 N–H and O–H groups in total. The van der Waals surface area contributed by atoms with Gasteiger partial charge in [0, 0.05) is 11.4 Å². The van der Waals surface area contributed by atoms with Gasteiger partial charge >= 0.3 is 0 Å². The zero-order valence-electron chi connectivity index (χ0n) is 12.6. The van der Waals surface area contributed by atoms with Crippen molar-refractivity contribution in [2.75, 3.05) is 0 Å². The van der Waals surface area contributed by atoms with Gasteiger partial charge in [-0.15, -0.1) is 0 Å². The molecule has 1 atom stereocenters. The van der Waals surface area contributed by atoms with Crippen LogP contribution in [-0.4, -0.2) is 11.2 Å². The smallest absolute Gasteiger partial charge is 0.120 e. The maximum Gasteiger partial charge on any atom is 0.120 e. The second-order valence-electron chi connectivity index (χ2n) is 5.77. The van der Waals surface area contributed by atoms with Crippen LogP contribution in [0.1, 0.15) is 31.9 Å². The average Bonchev–Trinajstić information content (AvgIpc) is 2.41. The molecule has 1 unspecified atom stereocenters. The van der Waals surface area contributed by atoms with Crippen LogP contribution in [0.2, 0.25) is 5.02 Å². The summed E-state index contributed by atoms with van der Waals surface area (Å²) in [4.78, 5) is 0. The Bertz CT molecular complexity index is 588. The first-order chi connectivity index (χ1) is 9.87. The molecule has 112 valence electrons. The summed E-state index contributed by atoms with van der Waals surface area (Å²) in [5.41, 5.74) is 0.930. The van der Waals surface area contributed by atoms with E-state index < -0.39 is 5.60 Å². The first kappa shape index (κ1) is 15.9. The molecular formula is C18H21ClO2. The Morgan fingerprint density at radius 3 is 2.43 bits per heavy atom. The van der Waals surface area contributed by atoms with Gasteiger partial charge in [-0.05, 0) is 56.2 Å². The van der Waals surface area contributed by atoms with Crippen molar-refractivity contribution in [2.45, 2.75) is 38.9 Å². The van der Waals surface area contributed by atoms with Gasteiger partial charge in [0.2, 0.25) is 0 Å². The highest BCUT2D eigenvalue weighted by Gasteiger charge is 2.24. The summed E-state index contributed by atoms with van der Waals surface area (Å²) in [6, 6.07) is 15.2. The van der Waals surface area contributed by atoms with E-state index in [0.717, 1.165) is 16.9 Å². The first-order valence-corrected chi connectivity index (χ1v) is 7.48. The largest absolute Gasteiger partial charge is 0.491 e. The number of aliphatic hydroxyl groups is 1. The predicted octanol–water partition coefficient (Wildman–Crippen LogP) is 4.58. The van der Waals surface area contributed by atoms with Gasteiger partial charge in [-0.1, -0.05) is 35.9 Å². The number of halogens is 1. The van der Waals surface area contributed by atoms with Gasteiger partial charge in [0.25, 0.3) is 0 Å². The maximum absolute atomic E-state index is 10.8. The predicted molar refractivity (Wildman–Crippen MR) is 86.9 cm³/mol. The van der Waals surface area contributed by atoms with Crippen molar-refractivity contribution in [2.24, 2.45) is 0 Å². The van der Waals surface area contributed by atoms with Crippen molar-refractivity contribution < 1.29 is 9.84 Å². The van der Waals surface area contributed by atoms with E-state index in [1.807, 2.05) is 69.3 Å². The second-order valence-corrected chi connectivity index (χ2v) is 6.21. The first-order valence-electron chi connectivity index (χ1n) is 7.11. The van der Waals surface area contributed by atoms with Crippen LogP contribution in [0.5, 0.6) is 5.75 Å². The Morgan fingerprint density at radius 1 is 1.14 bits per heavy atom. The lowest BCUT2D eigenvalue weighted by molar-refractivity contribution is 0.0572. The van der Waals surface area contributed by atoms with Crippen LogP contribution < -0.4 is 4.74 Å². The van der Waals surface area contributed by atoms with E-state index in [9.17, 15) is 5.11 Å². The molecule has 0 aliphatic heterocycles.